The Morgan fingerprint density at radius 1 is 1.47 bits per heavy atom. The fourth-order valence-electron chi connectivity index (χ4n) is 1.99. The van der Waals surface area contributed by atoms with Gasteiger partial charge in [-0.2, -0.15) is 4.89 Å². The summed E-state index contributed by atoms with van der Waals surface area (Å²) in [6.07, 6.45) is 12.6. The molecule has 0 aromatic carbocycles. The van der Waals surface area contributed by atoms with E-state index in [9.17, 15) is 0 Å². The van der Waals surface area contributed by atoms with Crippen LogP contribution in [0.1, 0.15) is 33.6 Å². The summed E-state index contributed by atoms with van der Waals surface area (Å²) in [5.41, 5.74) is 2.47. The molecule has 1 aliphatic rings. The lowest BCUT2D eigenvalue weighted by Gasteiger charge is -2.22. The molecule has 94 valence electrons. The second-order valence-corrected chi connectivity index (χ2v) is 4.21. The lowest BCUT2D eigenvalue weighted by atomic mass is 9.86. The first-order valence-electron chi connectivity index (χ1n) is 6.18. The second-order valence-electron chi connectivity index (χ2n) is 4.21. The van der Waals surface area contributed by atoms with Crippen molar-refractivity contribution in [3.63, 3.8) is 0 Å². The first-order chi connectivity index (χ1) is 8.22. The molecule has 0 fully saturated rings. The van der Waals surface area contributed by atoms with Crippen molar-refractivity contribution in [1.82, 2.24) is 0 Å². The third-order valence-corrected chi connectivity index (χ3v) is 2.66. The molecule has 0 bridgehead atoms. The lowest BCUT2D eigenvalue weighted by Crippen LogP contribution is -2.09. The number of rotatable bonds is 4. The van der Waals surface area contributed by atoms with E-state index in [0.717, 1.165) is 24.2 Å². The molecule has 1 unspecified atom stereocenters. The molecule has 0 saturated carbocycles. The molecule has 1 rings (SSSR count). The normalized spacial score (nSPS) is 25.6. The van der Waals surface area contributed by atoms with Crippen LogP contribution < -0.4 is 0 Å². The Hall–Kier alpha value is -1.28. The first kappa shape index (κ1) is 13.8. The highest BCUT2D eigenvalue weighted by Crippen LogP contribution is 2.33. The summed E-state index contributed by atoms with van der Waals surface area (Å²) in [6, 6.07) is 0. The molecule has 0 radical (unpaired) electrons. The number of hydrogen-bond acceptors (Lipinski definition) is 2. The van der Waals surface area contributed by atoms with E-state index in [1.165, 1.54) is 5.57 Å². The summed E-state index contributed by atoms with van der Waals surface area (Å²) in [5, 5.41) is 0. The van der Waals surface area contributed by atoms with Crippen LogP contribution in [-0.2, 0) is 9.78 Å². The highest BCUT2D eigenvalue weighted by molar-refractivity contribution is 5.48. The van der Waals surface area contributed by atoms with Gasteiger partial charge in [0.2, 0.25) is 0 Å². The van der Waals surface area contributed by atoms with E-state index in [-0.39, 0.29) is 0 Å². The molecule has 17 heavy (non-hydrogen) atoms. The van der Waals surface area contributed by atoms with E-state index in [1.54, 1.807) is 7.11 Å². The Bertz CT molecular complexity index is 359. The highest BCUT2D eigenvalue weighted by atomic mass is 17.2. The molecule has 1 aliphatic carbocycles. The number of hydrogen-bond donors (Lipinski definition) is 0. The summed E-state index contributed by atoms with van der Waals surface area (Å²) in [4.78, 5) is 10.1. The van der Waals surface area contributed by atoms with E-state index in [1.807, 2.05) is 13.0 Å². The maximum atomic E-state index is 5.26. The smallest absolute Gasteiger partial charge is 0.168 e. The van der Waals surface area contributed by atoms with Crippen molar-refractivity contribution in [2.24, 2.45) is 5.92 Å². The number of allylic oxidation sites excluding steroid dienone is 6. The van der Waals surface area contributed by atoms with Crippen molar-refractivity contribution in [2.75, 3.05) is 7.11 Å². The van der Waals surface area contributed by atoms with E-state index in [0.29, 0.717) is 5.92 Å². The van der Waals surface area contributed by atoms with Gasteiger partial charge in [0.15, 0.2) is 5.76 Å². The molecule has 0 aromatic rings. The Balaban J connectivity index is 3.08. The van der Waals surface area contributed by atoms with Gasteiger partial charge in [0.1, 0.15) is 0 Å². The summed E-state index contributed by atoms with van der Waals surface area (Å²) < 4.78 is 0. The predicted molar refractivity (Wildman–Crippen MR) is 71.2 cm³/mol. The van der Waals surface area contributed by atoms with Crippen molar-refractivity contribution < 1.29 is 9.78 Å². The Labute approximate surface area is 104 Å². The Morgan fingerprint density at radius 2 is 2.24 bits per heavy atom. The molecule has 0 N–H and O–H groups in total. The first-order valence-corrected chi connectivity index (χ1v) is 6.18. The van der Waals surface area contributed by atoms with Crippen LogP contribution in [0.5, 0.6) is 0 Å². The average molecular weight is 234 g/mol. The van der Waals surface area contributed by atoms with Crippen LogP contribution in [0.15, 0.2) is 47.3 Å². The fraction of sp³-hybridized carbons (Fsp3) is 0.467. The average Bonchev–Trinajstić information content (AvgIpc) is 2.30. The van der Waals surface area contributed by atoms with E-state index < -0.39 is 0 Å². The lowest BCUT2D eigenvalue weighted by molar-refractivity contribution is -0.234. The van der Waals surface area contributed by atoms with E-state index >= 15 is 0 Å². The molecule has 1 atom stereocenters. The SMILES string of the molecule is C\C=C/C=C1/CC(C)C=C(OOC)/C1=C/CC. The van der Waals surface area contributed by atoms with Crippen molar-refractivity contribution in [3.8, 4) is 0 Å². The van der Waals surface area contributed by atoms with Crippen LogP contribution in [0, 0.1) is 5.92 Å². The summed E-state index contributed by atoms with van der Waals surface area (Å²) >= 11 is 0. The molecule has 0 saturated heterocycles. The van der Waals surface area contributed by atoms with Gasteiger partial charge >= 0.3 is 0 Å². The van der Waals surface area contributed by atoms with E-state index in [4.69, 9.17) is 9.78 Å². The van der Waals surface area contributed by atoms with Gasteiger partial charge < -0.3 is 4.89 Å². The van der Waals surface area contributed by atoms with Gasteiger partial charge in [-0.05, 0) is 37.3 Å². The van der Waals surface area contributed by atoms with Crippen LogP contribution in [0.4, 0.5) is 0 Å². The quantitative estimate of drug-likeness (QED) is 0.532. The van der Waals surface area contributed by atoms with E-state index in [2.05, 4.69) is 38.2 Å². The zero-order valence-electron chi connectivity index (χ0n) is 11.2. The molecular formula is C15H22O2. The van der Waals surface area contributed by atoms with Crippen LogP contribution in [0.2, 0.25) is 0 Å². The minimum Gasteiger partial charge on any atom is -0.338 e. The summed E-state index contributed by atoms with van der Waals surface area (Å²) in [7, 11) is 1.54. The van der Waals surface area contributed by atoms with Gasteiger partial charge in [-0.1, -0.05) is 38.2 Å². The standard InChI is InChI=1S/C15H22O2/c1-5-7-9-13-10-12(3)11-15(17-16-4)14(13)8-6-2/h5,7-9,11-12H,6,10H2,1-4H3/b7-5-,13-9-,14-8+. The van der Waals surface area contributed by atoms with Crippen LogP contribution in [0.25, 0.3) is 0 Å². The molecular weight excluding hydrogens is 212 g/mol. The molecule has 0 amide bonds. The predicted octanol–water partition coefficient (Wildman–Crippen LogP) is 4.33. The molecule has 0 aromatic heterocycles. The topological polar surface area (TPSA) is 18.5 Å². The minimum absolute atomic E-state index is 0.477. The zero-order chi connectivity index (χ0) is 12.7. The third-order valence-electron chi connectivity index (χ3n) is 2.66. The van der Waals surface area contributed by atoms with Crippen LogP contribution in [-0.4, -0.2) is 7.11 Å². The molecule has 0 aliphatic heterocycles. The van der Waals surface area contributed by atoms with Crippen molar-refractivity contribution >= 4 is 0 Å². The maximum absolute atomic E-state index is 5.26. The van der Waals surface area contributed by atoms with Gasteiger partial charge in [0.05, 0.1) is 7.11 Å². The summed E-state index contributed by atoms with van der Waals surface area (Å²) in [6.45, 7) is 6.34. The van der Waals surface area contributed by atoms with Gasteiger partial charge in [-0.25, -0.2) is 0 Å². The van der Waals surface area contributed by atoms with Crippen molar-refractivity contribution in [2.45, 2.75) is 33.6 Å². The Morgan fingerprint density at radius 3 is 2.82 bits per heavy atom. The van der Waals surface area contributed by atoms with Crippen LogP contribution >= 0.6 is 0 Å². The van der Waals surface area contributed by atoms with Crippen molar-refractivity contribution in [3.05, 3.63) is 47.3 Å². The summed E-state index contributed by atoms with van der Waals surface area (Å²) in [5.74, 6) is 1.31. The largest absolute Gasteiger partial charge is 0.338 e. The molecule has 0 spiro atoms. The van der Waals surface area contributed by atoms with Crippen molar-refractivity contribution in [1.29, 1.82) is 0 Å². The fourth-order valence-corrected chi connectivity index (χ4v) is 1.99. The third kappa shape index (κ3) is 3.90. The Kier molecular flexibility index (Phi) is 5.78. The second kappa shape index (κ2) is 7.13. The van der Waals surface area contributed by atoms with Gasteiger partial charge in [-0.3, -0.25) is 0 Å². The maximum Gasteiger partial charge on any atom is 0.168 e. The van der Waals surface area contributed by atoms with Gasteiger partial charge in [0, 0.05) is 5.57 Å². The van der Waals surface area contributed by atoms with Gasteiger partial charge in [0.25, 0.3) is 0 Å². The van der Waals surface area contributed by atoms with Crippen LogP contribution in [0.3, 0.4) is 0 Å². The highest BCUT2D eigenvalue weighted by Gasteiger charge is 2.20. The monoisotopic (exact) mass is 234 g/mol. The minimum atomic E-state index is 0.477. The molecule has 2 heteroatoms. The zero-order valence-corrected chi connectivity index (χ0v) is 11.2. The van der Waals surface area contributed by atoms with Gasteiger partial charge in [-0.15, -0.1) is 0 Å². The molecule has 0 heterocycles. The molecule has 2 nitrogen and oxygen atoms in total.